The summed E-state index contributed by atoms with van der Waals surface area (Å²) < 4.78 is 7.25. The highest BCUT2D eigenvalue weighted by Crippen LogP contribution is 2.24. The van der Waals surface area contributed by atoms with Crippen molar-refractivity contribution in [3.8, 4) is 5.88 Å². The molecule has 1 unspecified atom stereocenters. The molecule has 0 aliphatic rings. The topological polar surface area (TPSA) is 52.0 Å². The highest BCUT2D eigenvalue weighted by molar-refractivity contribution is 5.30. The van der Waals surface area contributed by atoms with Crippen LogP contribution < -0.4 is 10.1 Å². The lowest BCUT2D eigenvalue weighted by atomic mass is 10.0. The predicted molar refractivity (Wildman–Crippen MR) is 74.2 cm³/mol. The first kappa shape index (κ1) is 13.5. The standard InChI is InChI=1S/C14H20N4O/c1-4-18-10-11(9-17-18)8-13(15-2)12-6-5-7-16-14(12)19-3/h5-7,9-10,13,15H,4,8H2,1-3H3. The first-order valence-electron chi connectivity index (χ1n) is 6.46. The number of aryl methyl sites for hydroxylation is 1. The summed E-state index contributed by atoms with van der Waals surface area (Å²) >= 11 is 0. The minimum atomic E-state index is 0.165. The van der Waals surface area contributed by atoms with Gasteiger partial charge in [-0.15, -0.1) is 0 Å². The Morgan fingerprint density at radius 3 is 2.95 bits per heavy atom. The molecule has 0 amide bonds. The maximum absolute atomic E-state index is 5.32. The Morgan fingerprint density at radius 1 is 1.47 bits per heavy atom. The third-order valence-corrected chi connectivity index (χ3v) is 3.17. The van der Waals surface area contributed by atoms with Crippen LogP contribution in [0.3, 0.4) is 0 Å². The molecule has 2 rings (SSSR count). The lowest BCUT2D eigenvalue weighted by Gasteiger charge is -2.17. The van der Waals surface area contributed by atoms with E-state index >= 15 is 0 Å². The molecule has 2 heterocycles. The van der Waals surface area contributed by atoms with Gasteiger partial charge in [0.2, 0.25) is 5.88 Å². The molecule has 19 heavy (non-hydrogen) atoms. The zero-order valence-corrected chi connectivity index (χ0v) is 11.6. The SMILES string of the molecule is CCn1cc(CC(NC)c2cccnc2OC)cn1. The van der Waals surface area contributed by atoms with E-state index in [9.17, 15) is 0 Å². The minimum absolute atomic E-state index is 0.165. The van der Waals surface area contributed by atoms with E-state index in [1.165, 1.54) is 5.56 Å². The van der Waals surface area contributed by atoms with Crippen molar-refractivity contribution >= 4 is 0 Å². The van der Waals surface area contributed by atoms with Crippen LogP contribution in [0.5, 0.6) is 5.88 Å². The van der Waals surface area contributed by atoms with Gasteiger partial charge in [0.05, 0.1) is 13.3 Å². The van der Waals surface area contributed by atoms with E-state index in [0.717, 1.165) is 18.5 Å². The van der Waals surface area contributed by atoms with Gasteiger partial charge in [-0.3, -0.25) is 4.68 Å². The molecule has 0 bridgehead atoms. The predicted octanol–water partition coefficient (Wildman–Crippen LogP) is 1.81. The van der Waals surface area contributed by atoms with Crippen LogP contribution in [-0.2, 0) is 13.0 Å². The van der Waals surface area contributed by atoms with Crippen LogP contribution in [-0.4, -0.2) is 28.9 Å². The highest BCUT2D eigenvalue weighted by Gasteiger charge is 2.16. The van der Waals surface area contributed by atoms with Crippen molar-refractivity contribution in [2.24, 2.45) is 0 Å². The van der Waals surface area contributed by atoms with E-state index < -0.39 is 0 Å². The first-order valence-corrected chi connectivity index (χ1v) is 6.46. The summed E-state index contributed by atoms with van der Waals surface area (Å²) in [6.07, 6.45) is 6.59. The lowest BCUT2D eigenvalue weighted by molar-refractivity contribution is 0.384. The van der Waals surface area contributed by atoms with E-state index in [1.807, 2.05) is 30.1 Å². The average molecular weight is 260 g/mol. The fourth-order valence-electron chi connectivity index (χ4n) is 2.13. The summed E-state index contributed by atoms with van der Waals surface area (Å²) in [5.74, 6) is 0.671. The highest BCUT2D eigenvalue weighted by atomic mass is 16.5. The molecule has 2 aromatic rings. The zero-order chi connectivity index (χ0) is 13.7. The van der Waals surface area contributed by atoms with Crippen LogP contribution in [0.15, 0.2) is 30.7 Å². The van der Waals surface area contributed by atoms with Gasteiger partial charge in [-0.2, -0.15) is 5.10 Å². The maximum Gasteiger partial charge on any atom is 0.217 e. The summed E-state index contributed by atoms with van der Waals surface area (Å²) in [5.41, 5.74) is 2.27. The van der Waals surface area contributed by atoms with Gasteiger partial charge in [-0.25, -0.2) is 4.98 Å². The molecule has 0 aromatic carbocycles. The van der Waals surface area contributed by atoms with Gasteiger partial charge in [0.25, 0.3) is 0 Å². The largest absolute Gasteiger partial charge is 0.481 e. The Morgan fingerprint density at radius 2 is 2.32 bits per heavy atom. The van der Waals surface area contributed by atoms with E-state index in [0.29, 0.717) is 5.88 Å². The number of hydrogen-bond donors (Lipinski definition) is 1. The monoisotopic (exact) mass is 260 g/mol. The van der Waals surface area contributed by atoms with Crippen LogP contribution in [0.4, 0.5) is 0 Å². The van der Waals surface area contributed by atoms with Gasteiger partial charge < -0.3 is 10.1 Å². The third-order valence-electron chi connectivity index (χ3n) is 3.17. The number of nitrogens with one attached hydrogen (secondary N) is 1. The van der Waals surface area contributed by atoms with Gasteiger partial charge in [0.15, 0.2) is 0 Å². The number of methoxy groups -OCH3 is 1. The number of likely N-dealkylation sites (N-methyl/N-ethyl adjacent to an activating group) is 1. The van der Waals surface area contributed by atoms with E-state index in [4.69, 9.17) is 4.74 Å². The molecule has 0 radical (unpaired) electrons. The van der Waals surface area contributed by atoms with Crippen LogP contribution in [0, 0.1) is 0 Å². The molecular formula is C14H20N4O. The van der Waals surface area contributed by atoms with E-state index in [-0.39, 0.29) is 6.04 Å². The first-order chi connectivity index (χ1) is 9.28. The number of ether oxygens (including phenoxy) is 1. The van der Waals surface area contributed by atoms with Crippen LogP contribution in [0.1, 0.15) is 24.1 Å². The third kappa shape index (κ3) is 3.12. The van der Waals surface area contributed by atoms with Crippen molar-refractivity contribution in [2.45, 2.75) is 25.9 Å². The smallest absolute Gasteiger partial charge is 0.217 e. The molecule has 0 spiro atoms. The van der Waals surface area contributed by atoms with Gasteiger partial charge in [0, 0.05) is 30.5 Å². The normalized spacial score (nSPS) is 12.4. The zero-order valence-electron chi connectivity index (χ0n) is 11.6. The molecule has 102 valence electrons. The fourth-order valence-corrected chi connectivity index (χ4v) is 2.13. The molecule has 2 aromatic heterocycles. The Labute approximate surface area is 113 Å². The Kier molecular flexibility index (Phi) is 4.52. The van der Waals surface area contributed by atoms with Crippen LogP contribution >= 0.6 is 0 Å². The molecule has 5 nitrogen and oxygen atoms in total. The lowest BCUT2D eigenvalue weighted by Crippen LogP contribution is -2.19. The molecule has 1 atom stereocenters. The Balaban J connectivity index is 2.19. The average Bonchev–Trinajstić information content (AvgIpc) is 2.92. The molecule has 0 saturated heterocycles. The van der Waals surface area contributed by atoms with Crippen molar-refractivity contribution in [3.05, 3.63) is 41.9 Å². The summed E-state index contributed by atoms with van der Waals surface area (Å²) in [4.78, 5) is 4.25. The van der Waals surface area contributed by atoms with Crippen molar-refractivity contribution in [3.63, 3.8) is 0 Å². The fraction of sp³-hybridized carbons (Fsp3) is 0.429. The van der Waals surface area contributed by atoms with Crippen molar-refractivity contribution in [1.82, 2.24) is 20.1 Å². The van der Waals surface area contributed by atoms with E-state index in [1.54, 1.807) is 13.3 Å². The number of hydrogen-bond acceptors (Lipinski definition) is 4. The molecule has 0 fully saturated rings. The van der Waals surface area contributed by atoms with Gasteiger partial charge in [0.1, 0.15) is 0 Å². The molecular weight excluding hydrogens is 240 g/mol. The second-order valence-corrected chi connectivity index (χ2v) is 4.35. The van der Waals surface area contributed by atoms with Crippen molar-refractivity contribution in [2.75, 3.05) is 14.2 Å². The minimum Gasteiger partial charge on any atom is -0.481 e. The molecule has 0 aliphatic heterocycles. The van der Waals surface area contributed by atoms with Crippen LogP contribution in [0.2, 0.25) is 0 Å². The maximum atomic E-state index is 5.32. The van der Waals surface area contributed by atoms with Gasteiger partial charge >= 0.3 is 0 Å². The summed E-state index contributed by atoms with van der Waals surface area (Å²) in [6.45, 7) is 2.97. The Bertz CT molecular complexity index is 524. The second-order valence-electron chi connectivity index (χ2n) is 4.35. The Hall–Kier alpha value is -1.88. The second kappa shape index (κ2) is 6.33. The van der Waals surface area contributed by atoms with Crippen LogP contribution in [0.25, 0.3) is 0 Å². The molecule has 0 aliphatic carbocycles. The quantitative estimate of drug-likeness (QED) is 0.860. The van der Waals surface area contributed by atoms with E-state index in [2.05, 4.69) is 28.5 Å². The summed E-state index contributed by atoms with van der Waals surface area (Å²) in [6, 6.07) is 4.13. The number of nitrogens with zero attached hydrogens (tertiary/aromatic N) is 3. The summed E-state index contributed by atoms with van der Waals surface area (Å²) in [5, 5.41) is 7.61. The molecule has 5 heteroatoms. The number of aromatic nitrogens is 3. The van der Waals surface area contributed by atoms with Crippen molar-refractivity contribution < 1.29 is 4.74 Å². The molecule has 0 saturated carbocycles. The van der Waals surface area contributed by atoms with Crippen molar-refractivity contribution in [1.29, 1.82) is 0 Å². The molecule has 1 N–H and O–H groups in total. The number of rotatable bonds is 6. The van der Waals surface area contributed by atoms with Gasteiger partial charge in [-0.05, 0) is 32.0 Å². The van der Waals surface area contributed by atoms with Gasteiger partial charge in [-0.1, -0.05) is 6.07 Å². The summed E-state index contributed by atoms with van der Waals surface area (Å²) in [7, 11) is 3.59. The number of pyridine rings is 1.